The highest BCUT2D eigenvalue weighted by atomic mass is 32.2. The fourth-order valence-corrected chi connectivity index (χ4v) is 4.63. The third-order valence-electron chi connectivity index (χ3n) is 4.96. The summed E-state index contributed by atoms with van der Waals surface area (Å²) < 4.78 is 1.62. The minimum absolute atomic E-state index is 0.0625. The molecule has 0 fully saturated rings. The molecule has 1 aliphatic rings. The van der Waals surface area contributed by atoms with Crippen LogP contribution in [0, 0.1) is 13.8 Å². The third-order valence-corrected chi connectivity index (χ3v) is 5.93. The number of rotatable bonds is 6. The van der Waals surface area contributed by atoms with Crippen LogP contribution in [0.3, 0.4) is 0 Å². The summed E-state index contributed by atoms with van der Waals surface area (Å²) in [4.78, 5) is 25.4. The highest BCUT2D eigenvalue weighted by Gasteiger charge is 2.25. The van der Waals surface area contributed by atoms with E-state index in [9.17, 15) is 9.59 Å². The lowest BCUT2D eigenvalue weighted by molar-refractivity contribution is -0.122. The topological polar surface area (TPSA) is 76.0 Å². The Labute approximate surface area is 180 Å². The molecule has 2 N–H and O–H groups in total. The Morgan fingerprint density at radius 2 is 1.80 bits per heavy atom. The number of carbonyl (C=O) groups excluding carboxylic acids is 2. The van der Waals surface area contributed by atoms with E-state index >= 15 is 0 Å². The Kier molecular flexibility index (Phi) is 5.90. The largest absolute Gasteiger partial charge is 0.350 e. The van der Waals surface area contributed by atoms with Gasteiger partial charge in [-0.2, -0.15) is 16.9 Å². The lowest BCUT2D eigenvalue weighted by Crippen LogP contribution is -2.28. The van der Waals surface area contributed by atoms with Gasteiger partial charge in [0.1, 0.15) is 12.4 Å². The number of thioether (sulfide) groups is 1. The molecule has 0 bridgehead atoms. The van der Waals surface area contributed by atoms with Crippen LogP contribution in [0.1, 0.15) is 38.3 Å². The number of anilines is 1. The van der Waals surface area contributed by atoms with E-state index in [1.807, 2.05) is 62.4 Å². The van der Waals surface area contributed by atoms with Crippen LogP contribution >= 0.6 is 11.8 Å². The van der Waals surface area contributed by atoms with Crippen molar-refractivity contribution in [2.75, 3.05) is 5.32 Å². The van der Waals surface area contributed by atoms with Crippen molar-refractivity contribution >= 4 is 29.4 Å². The number of carbonyl (C=O) groups is 2. The summed E-state index contributed by atoms with van der Waals surface area (Å²) in [5.74, 6) is 1.86. The highest BCUT2D eigenvalue weighted by molar-refractivity contribution is 7.98. The van der Waals surface area contributed by atoms with Crippen LogP contribution in [0.25, 0.3) is 0 Å². The van der Waals surface area contributed by atoms with Crippen LogP contribution in [0.2, 0.25) is 0 Å². The molecule has 3 aromatic rings. The lowest BCUT2D eigenvalue weighted by atomic mass is 10.1. The number of hydrogen-bond acceptors (Lipinski definition) is 4. The van der Waals surface area contributed by atoms with Gasteiger partial charge < -0.3 is 10.6 Å². The van der Waals surface area contributed by atoms with Gasteiger partial charge in [0.05, 0.1) is 5.69 Å². The molecule has 0 saturated heterocycles. The molecule has 0 atom stereocenters. The first-order valence-electron chi connectivity index (χ1n) is 9.86. The maximum absolute atomic E-state index is 12.9. The molecule has 0 unspecified atom stereocenters. The molecule has 6 nitrogen and oxygen atoms in total. The number of nitrogens with one attached hydrogen (secondary N) is 2. The molecule has 2 aromatic carbocycles. The predicted molar refractivity (Wildman–Crippen MR) is 119 cm³/mol. The quantitative estimate of drug-likeness (QED) is 0.636. The average Bonchev–Trinajstić information content (AvgIpc) is 3.29. The van der Waals surface area contributed by atoms with E-state index in [4.69, 9.17) is 0 Å². The number of aryl methyl sites for hydroxylation is 2. The van der Waals surface area contributed by atoms with Crippen LogP contribution < -0.4 is 10.6 Å². The van der Waals surface area contributed by atoms with Gasteiger partial charge in [-0.3, -0.25) is 9.59 Å². The third kappa shape index (κ3) is 4.57. The molecule has 0 saturated carbocycles. The van der Waals surface area contributed by atoms with Gasteiger partial charge in [-0.05, 0) is 31.5 Å². The smallest absolute Gasteiger partial charge is 0.256 e. The van der Waals surface area contributed by atoms with E-state index in [-0.39, 0.29) is 18.4 Å². The second-order valence-electron chi connectivity index (χ2n) is 7.52. The van der Waals surface area contributed by atoms with Crippen LogP contribution in [-0.4, -0.2) is 21.6 Å². The van der Waals surface area contributed by atoms with Gasteiger partial charge in [-0.1, -0.05) is 47.5 Å². The van der Waals surface area contributed by atoms with Crippen molar-refractivity contribution in [1.29, 1.82) is 0 Å². The van der Waals surface area contributed by atoms with E-state index in [0.717, 1.165) is 39.5 Å². The van der Waals surface area contributed by atoms with Crippen molar-refractivity contribution < 1.29 is 9.59 Å². The highest BCUT2D eigenvalue weighted by Crippen LogP contribution is 2.35. The normalized spacial score (nSPS) is 12.5. The van der Waals surface area contributed by atoms with Gasteiger partial charge in [0, 0.05) is 29.2 Å². The van der Waals surface area contributed by atoms with Crippen LogP contribution in [-0.2, 0) is 29.4 Å². The number of hydrogen-bond donors (Lipinski definition) is 2. The second-order valence-corrected chi connectivity index (χ2v) is 8.50. The summed E-state index contributed by atoms with van der Waals surface area (Å²) in [5, 5.41) is 10.5. The van der Waals surface area contributed by atoms with Crippen molar-refractivity contribution in [2.24, 2.45) is 0 Å². The summed E-state index contributed by atoms with van der Waals surface area (Å²) in [6, 6.07) is 15.5. The van der Waals surface area contributed by atoms with E-state index in [1.165, 1.54) is 0 Å². The SMILES string of the molecule is Cc1cc(C)cc(C(=O)Nc2c3c(nn2CC(=O)NCc2ccccc2)CSC3)c1. The first-order valence-corrected chi connectivity index (χ1v) is 11.0. The Hall–Kier alpha value is -3.06. The zero-order valence-corrected chi connectivity index (χ0v) is 17.9. The molecule has 0 radical (unpaired) electrons. The average molecular weight is 421 g/mol. The molecule has 1 aliphatic heterocycles. The van der Waals surface area contributed by atoms with Crippen molar-refractivity contribution in [2.45, 2.75) is 38.4 Å². The fraction of sp³-hybridized carbons (Fsp3) is 0.261. The molecule has 1 aromatic heterocycles. The van der Waals surface area contributed by atoms with Gasteiger partial charge in [0.15, 0.2) is 0 Å². The summed E-state index contributed by atoms with van der Waals surface area (Å²) in [6.45, 7) is 4.46. The molecule has 7 heteroatoms. The van der Waals surface area contributed by atoms with Gasteiger partial charge in [0.25, 0.3) is 5.91 Å². The van der Waals surface area contributed by atoms with Gasteiger partial charge in [-0.15, -0.1) is 0 Å². The molecular weight excluding hydrogens is 396 g/mol. The number of amides is 2. The maximum atomic E-state index is 12.9. The van der Waals surface area contributed by atoms with Crippen LogP contribution in [0.5, 0.6) is 0 Å². The van der Waals surface area contributed by atoms with E-state index in [0.29, 0.717) is 17.9 Å². The number of nitrogens with zero attached hydrogens (tertiary/aromatic N) is 2. The van der Waals surface area contributed by atoms with E-state index in [2.05, 4.69) is 15.7 Å². The molecule has 0 spiro atoms. The van der Waals surface area contributed by atoms with Crippen molar-refractivity contribution in [3.8, 4) is 0 Å². The van der Waals surface area contributed by atoms with E-state index in [1.54, 1.807) is 16.4 Å². The minimum atomic E-state index is -0.188. The predicted octanol–water partition coefficient (Wildman–Crippen LogP) is 3.82. The molecule has 0 aliphatic carbocycles. The lowest BCUT2D eigenvalue weighted by Gasteiger charge is -2.12. The van der Waals surface area contributed by atoms with Gasteiger partial charge in [-0.25, -0.2) is 4.68 Å². The second kappa shape index (κ2) is 8.75. The zero-order chi connectivity index (χ0) is 21.1. The fourth-order valence-electron chi connectivity index (χ4n) is 3.59. The summed E-state index contributed by atoms with van der Waals surface area (Å²) in [5.41, 5.74) is 5.66. The Morgan fingerprint density at radius 3 is 2.53 bits per heavy atom. The molecule has 30 heavy (non-hydrogen) atoms. The Morgan fingerprint density at radius 1 is 1.07 bits per heavy atom. The van der Waals surface area contributed by atoms with Crippen molar-refractivity contribution in [3.63, 3.8) is 0 Å². The maximum Gasteiger partial charge on any atom is 0.256 e. The molecule has 4 rings (SSSR count). The first-order chi connectivity index (χ1) is 14.5. The number of fused-ring (bicyclic) bond motifs is 1. The van der Waals surface area contributed by atoms with E-state index < -0.39 is 0 Å². The molecule has 154 valence electrons. The minimum Gasteiger partial charge on any atom is -0.350 e. The molecular formula is C23H24N4O2S. The van der Waals surface area contributed by atoms with Gasteiger partial charge in [0.2, 0.25) is 5.91 Å². The zero-order valence-electron chi connectivity index (χ0n) is 17.1. The van der Waals surface area contributed by atoms with Crippen LogP contribution in [0.15, 0.2) is 48.5 Å². The monoisotopic (exact) mass is 420 g/mol. The number of aromatic nitrogens is 2. The molecule has 2 amide bonds. The molecule has 2 heterocycles. The Bertz CT molecular complexity index is 1070. The van der Waals surface area contributed by atoms with Crippen LogP contribution in [0.4, 0.5) is 5.82 Å². The first kappa shape index (κ1) is 20.2. The summed E-state index contributed by atoms with van der Waals surface area (Å²) >= 11 is 1.76. The van der Waals surface area contributed by atoms with Crippen molar-refractivity contribution in [3.05, 3.63) is 82.0 Å². The summed E-state index contributed by atoms with van der Waals surface area (Å²) in [7, 11) is 0. The van der Waals surface area contributed by atoms with Crippen molar-refractivity contribution in [1.82, 2.24) is 15.1 Å². The summed E-state index contributed by atoms with van der Waals surface area (Å²) in [6.07, 6.45) is 0. The Balaban J connectivity index is 1.50. The number of benzene rings is 2. The standard InChI is InChI=1S/C23H24N4O2S/c1-15-8-16(2)10-18(9-15)23(29)25-22-19-13-30-14-20(19)26-27(22)12-21(28)24-11-17-6-4-3-5-7-17/h3-10H,11-14H2,1-2H3,(H,24,28)(H,25,29). The van der Waals surface area contributed by atoms with Gasteiger partial charge >= 0.3 is 0 Å².